The van der Waals surface area contributed by atoms with Gasteiger partial charge in [-0.1, -0.05) is 17.7 Å². The van der Waals surface area contributed by atoms with Gasteiger partial charge in [0, 0.05) is 22.0 Å². The van der Waals surface area contributed by atoms with Crippen molar-refractivity contribution in [2.75, 3.05) is 10.6 Å². The molecule has 0 aliphatic rings. The Morgan fingerprint density at radius 2 is 1.56 bits per heavy atom. The van der Waals surface area contributed by atoms with Crippen LogP contribution in [0.4, 0.5) is 11.4 Å². The van der Waals surface area contributed by atoms with Crippen molar-refractivity contribution in [3.8, 4) is 10.6 Å². The SMILES string of the molecule is Cc1ccc2nc(-c3ccc(NC(=S)Nc4ccc(Cl)cc4)cc3)sc2c1. The van der Waals surface area contributed by atoms with Gasteiger partial charge in [0.2, 0.25) is 0 Å². The summed E-state index contributed by atoms with van der Waals surface area (Å²) in [6.07, 6.45) is 0. The number of aromatic nitrogens is 1. The van der Waals surface area contributed by atoms with Crippen LogP contribution in [0.1, 0.15) is 5.56 Å². The zero-order valence-electron chi connectivity index (χ0n) is 14.5. The van der Waals surface area contributed by atoms with Gasteiger partial charge in [-0.25, -0.2) is 4.98 Å². The fraction of sp³-hybridized carbons (Fsp3) is 0.0476. The van der Waals surface area contributed by atoms with Gasteiger partial charge >= 0.3 is 0 Å². The molecule has 4 aromatic rings. The first-order chi connectivity index (χ1) is 13.1. The second-order valence-corrected chi connectivity index (χ2v) is 8.03. The predicted octanol–water partition coefficient (Wildman–Crippen LogP) is 6.73. The number of nitrogens with one attached hydrogen (secondary N) is 2. The van der Waals surface area contributed by atoms with Crippen LogP contribution in [0.2, 0.25) is 5.02 Å². The van der Waals surface area contributed by atoms with Crippen LogP contribution in [0, 0.1) is 6.92 Å². The summed E-state index contributed by atoms with van der Waals surface area (Å²) in [6, 6.07) is 21.9. The minimum absolute atomic E-state index is 0.528. The van der Waals surface area contributed by atoms with E-state index in [1.165, 1.54) is 10.3 Å². The molecule has 0 fully saturated rings. The topological polar surface area (TPSA) is 37.0 Å². The van der Waals surface area contributed by atoms with Crippen LogP contribution in [0.5, 0.6) is 0 Å². The van der Waals surface area contributed by atoms with Crippen molar-refractivity contribution in [2.24, 2.45) is 0 Å². The van der Waals surface area contributed by atoms with E-state index in [1.54, 1.807) is 11.3 Å². The fourth-order valence-corrected chi connectivity index (χ4v) is 4.11. The fourth-order valence-electron chi connectivity index (χ4n) is 2.68. The number of nitrogens with zero attached hydrogens (tertiary/aromatic N) is 1. The molecule has 134 valence electrons. The maximum absolute atomic E-state index is 5.90. The van der Waals surface area contributed by atoms with Crippen molar-refractivity contribution in [2.45, 2.75) is 6.92 Å². The van der Waals surface area contributed by atoms with Crippen molar-refractivity contribution in [3.05, 3.63) is 77.3 Å². The number of hydrogen-bond donors (Lipinski definition) is 2. The summed E-state index contributed by atoms with van der Waals surface area (Å²) in [5.41, 5.74) is 5.19. The Bertz CT molecular complexity index is 1100. The summed E-state index contributed by atoms with van der Waals surface area (Å²) in [5, 5.41) is 8.57. The van der Waals surface area contributed by atoms with E-state index in [1.807, 2.05) is 36.4 Å². The van der Waals surface area contributed by atoms with E-state index in [0.29, 0.717) is 10.1 Å². The minimum Gasteiger partial charge on any atom is -0.332 e. The first-order valence-electron chi connectivity index (χ1n) is 8.38. The van der Waals surface area contributed by atoms with Gasteiger partial charge in [0.05, 0.1) is 10.2 Å². The number of benzene rings is 3. The van der Waals surface area contributed by atoms with Crippen molar-refractivity contribution in [1.82, 2.24) is 4.98 Å². The van der Waals surface area contributed by atoms with Crippen LogP contribution in [0.3, 0.4) is 0 Å². The van der Waals surface area contributed by atoms with Gasteiger partial charge in [-0.15, -0.1) is 11.3 Å². The molecule has 0 spiro atoms. The third-order valence-electron chi connectivity index (χ3n) is 4.04. The normalized spacial score (nSPS) is 10.7. The Labute approximate surface area is 172 Å². The van der Waals surface area contributed by atoms with Crippen molar-refractivity contribution >= 4 is 61.9 Å². The van der Waals surface area contributed by atoms with E-state index >= 15 is 0 Å². The molecule has 1 aromatic heterocycles. The average Bonchev–Trinajstić information content (AvgIpc) is 3.07. The average molecular weight is 410 g/mol. The second kappa shape index (κ2) is 7.64. The Hall–Kier alpha value is -2.47. The van der Waals surface area contributed by atoms with Crippen LogP contribution in [0.25, 0.3) is 20.8 Å². The Kier molecular flexibility index (Phi) is 5.07. The summed E-state index contributed by atoms with van der Waals surface area (Å²) >= 11 is 13.0. The molecule has 0 bridgehead atoms. The van der Waals surface area contributed by atoms with Crippen LogP contribution < -0.4 is 10.6 Å². The lowest BCUT2D eigenvalue weighted by atomic mass is 10.2. The molecular weight excluding hydrogens is 394 g/mol. The second-order valence-electron chi connectivity index (χ2n) is 6.15. The number of hydrogen-bond acceptors (Lipinski definition) is 3. The van der Waals surface area contributed by atoms with E-state index < -0.39 is 0 Å². The van der Waals surface area contributed by atoms with Crippen molar-refractivity contribution in [1.29, 1.82) is 0 Å². The number of halogens is 1. The molecule has 0 atom stereocenters. The standard InChI is InChI=1S/C21H16ClN3S2/c1-13-2-11-18-19(12-13)27-20(25-18)14-3-7-16(8-4-14)23-21(26)24-17-9-5-15(22)6-10-17/h2-12H,1H3,(H2,23,24,26). The number of rotatable bonds is 3. The number of thiocarbonyl (C=S) groups is 1. The van der Waals surface area contributed by atoms with E-state index in [-0.39, 0.29) is 0 Å². The summed E-state index contributed by atoms with van der Waals surface area (Å²) in [5.74, 6) is 0. The molecule has 2 N–H and O–H groups in total. The molecule has 1 heterocycles. The van der Waals surface area contributed by atoms with Gasteiger partial charge in [-0.05, 0) is 85.4 Å². The van der Waals surface area contributed by atoms with Crippen LogP contribution in [0.15, 0.2) is 66.7 Å². The van der Waals surface area contributed by atoms with Gasteiger partial charge in [-0.2, -0.15) is 0 Å². The maximum atomic E-state index is 5.90. The molecule has 3 nitrogen and oxygen atoms in total. The lowest BCUT2D eigenvalue weighted by Crippen LogP contribution is -2.18. The quantitative estimate of drug-likeness (QED) is 0.367. The number of anilines is 2. The molecule has 0 saturated carbocycles. The Morgan fingerprint density at radius 1 is 0.926 bits per heavy atom. The zero-order valence-corrected chi connectivity index (χ0v) is 16.9. The highest BCUT2D eigenvalue weighted by Gasteiger charge is 2.07. The number of fused-ring (bicyclic) bond motifs is 1. The summed E-state index contributed by atoms with van der Waals surface area (Å²) < 4.78 is 1.21. The van der Waals surface area contributed by atoms with Crippen LogP contribution in [-0.2, 0) is 0 Å². The van der Waals surface area contributed by atoms with Gasteiger partial charge < -0.3 is 10.6 Å². The van der Waals surface area contributed by atoms with E-state index in [2.05, 4.69) is 47.9 Å². The molecule has 0 aliphatic heterocycles. The van der Waals surface area contributed by atoms with Crippen molar-refractivity contribution in [3.63, 3.8) is 0 Å². The highest BCUT2D eigenvalue weighted by Crippen LogP contribution is 2.31. The Balaban J connectivity index is 1.46. The molecule has 0 radical (unpaired) electrons. The highest BCUT2D eigenvalue weighted by molar-refractivity contribution is 7.80. The lowest BCUT2D eigenvalue weighted by Gasteiger charge is -2.11. The highest BCUT2D eigenvalue weighted by atomic mass is 35.5. The van der Waals surface area contributed by atoms with Crippen LogP contribution >= 0.6 is 35.2 Å². The minimum atomic E-state index is 0.528. The van der Waals surface area contributed by atoms with E-state index in [9.17, 15) is 0 Å². The number of aryl methyl sites for hydroxylation is 1. The predicted molar refractivity (Wildman–Crippen MR) is 121 cm³/mol. The molecule has 0 saturated heterocycles. The molecule has 0 amide bonds. The van der Waals surface area contributed by atoms with Crippen LogP contribution in [-0.4, -0.2) is 10.1 Å². The van der Waals surface area contributed by atoms with Gasteiger partial charge in [0.25, 0.3) is 0 Å². The lowest BCUT2D eigenvalue weighted by molar-refractivity contribution is 1.45. The molecular formula is C21H16ClN3S2. The number of thiazole rings is 1. The van der Waals surface area contributed by atoms with E-state index in [4.69, 9.17) is 28.8 Å². The summed E-state index contributed by atoms with van der Waals surface area (Å²) in [4.78, 5) is 4.73. The molecule has 0 aliphatic carbocycles. The molecule has 3 aromatic carbocycles. The zero-order chi connectivity index (χ0) is 18.8. The maximum Gasteiger partial charge on any atom is 0.175 e. The first kappa shape index (κ1) is 17.9. The Morgan fingerprint density at radius 3 is 2.22 bits per heavy atom. The van der Waals surface area contributed by atoms with E-state index in [0.717, 1.165) is 27.5 Å². The molecule has 0 unspecified atom stereocenters. The first-order valence-corrected chi connectivity index (χ1v) is 9.98. The van der Waals surface area contributed by atoms with Gasteiger partial charge in [-0.3, -0.25) is 0 Å². The summed E-state index contributed by atoms with van der Waals surface area (Å²) in [7, 11) is 0. The molecule has 6 heteroatoms. The molecule has 27 heavy (non-hydrogen) atoms. The third-order valence-corrected chi connectivity index (χ3v) is 5.56. The largest absolute Gasteiger partial charge is 0.332 e. The van der Waals surface area contributed by atoms with Gasteiger partial charge in [0.15, 0.2) is 5.11 Å². The van der Waals surface area contributed by atoms with Gasteiger partial charge in [0.1, 0.15) is 5.01 Å². The molecule has 4 rings (SSSR count). The third kappa shape index (κ3) is 4.27. The summed E-state index contributed by atoms with van der Waals surface area (Å²) in [6.45, 7) is 2.10. The monoisotopic (exact) mass is 409 g/mol. The smallest absolute Gasteiger partial charge is 0.175 e. The van der Waals surface area contributed by atoms with Crippen molar-refractivity contribution < 1.29 is 0 Å².